The Labute approximate surface area is 149 Å². The number of benzene rings is 1. The Kier molecular flexibility index (Phi) is 3.62. The standard InChI is InChI=1S/C18H15ClN6/c1-10-3-5-21-17-12(10)7-11(8-13(17)19)16-18(23-15(20)9-22-16)14-4-6-25(2)24-14/h3-9H,1-2H3,(H2,20,23). The van der Waals surface area contributed by atoms with Crippen LogP contribution >= 0.6 is 11.6 Å². The summed E-state index contributed by atoms with van der Waals surface area (Å²) >= 11 is 6.46. The molecule has 4 rings (SSSR count). The van der Waals surface area contributed by atoms with Crippen LogP contribution in [0.1, 0.15) is 5.56 Å². The number of halogens is 1. The molecule has 3 heterocycles. The van der Waals surface area contributed by atoms with E-state index in [9.17, 15) is 0 Å². The molecule has 0 atom stereocenters. The Morgan fingerprint density at radius 3 is 2.72 bits per heavy atom. The van der Waals surface area contributed by atoms with E-state index in [4.69, 9.17) is 17.3 Å². The van der Waals surface area contributed by atoms with Crippen molar-refractivity contribution in [2.75, 3.05) is 5.73 Å². The average molecular weight is 351 g/mol. The second-order valence-corrected chi connectivity index (χ2v) is 6.26. The molecule has 6 nitrogen and oxygen atoms in total. The molecule has 0 unspecified atom stereocenters. The maximum Gasteiger partial charge on any atom is 0.142 e. The van der Waals surface area contributed by atoms with Gasteiger partial charge in [-0.25, -0.2) is 4.98 Å². The molecule has 0 aliphatic carbocycles. The lowest BCUT2D eigenvalue weighted by Crippen LogP contribution is -1.99. The lowest BCUT2D eigenvalue weighted by atomic mass is 10.0. The largest absolute Gasteiger partial charge is 0.382 e. The molecule has 7 heteroatoms. The Hall–Kier alpha value is -2.99. The summed E-state index contributed by atoms with van der Waals surface area (Å²) in [4.78, 5) is 13.3. The molecule has 0 saturated heterocycles. The van der Waals surface area contributed by atoms with Crippen LogP contribution in [0.3, 0.4) is 0 Å². The van der Waals surface area contributed by atoms with Crippen LogP contribution in [0.25, 0.3) is 33.5 Å². The lowest BCUT2D eigenvalue weighted by Gasteiger charge is -2.10. The van der Waals surface area contributed by atoms with Gasteiger partial charge in [0.05, 0.1) is 22.4 Å². The van der Waals surface area contributed by atoms with Gasteiger partial charge in [-0.15, -0.1) is 0 Å². The van der Waals surface area contributed by atoms with E-state index in [0.29, 0.717) is 27.9 Å². The molecule has 4 aromatic rings. The number of pyridine rings is 1. The van der Waals surface area contributed by atoms with Gasteiger partial charge in [0, 0.05) is 30.4 Å². The van der Waals surface area contributed by atoms with Crippen LogP contribution in [-0.4, -0.2) is 24.7 Å². The lowest BCUT2D eigenvalue weighted by molar-refractivity contribution is 0.770. The number of aryl methyl sites for hydroxylation is 2. The van der Waals surface area contributed by atoms with Crippen LogP contribution in [0.15, 0.2) is 42.9 Å². The summed E-state index contributed by atoms with van der Waals surface area (Å²) in [6.45, 7) is 2.03. The molecule has 2 N–H and O–H groups in total. The van der Waals surface area contributed by atoms with Gasteiger partial charge in [0.25, 0.3) is 0 Å². The minimum Gasteiger partial charge on any atom is -0.382 e. The van der Waals surface area contributed by atoms with Crippen molar-refractivity contribution in [1.29, 1.82) is 0 Å². The number of fused-ring (bicyclic) bond motifs is 1. The summed E-state index contributed by atoms with van der Waals surface area (Å²) in [6, 6.07) is 7.71. The summed E-state index contributed by atoms with van der Waals surface area (Å²) in [7, 11) is 1.85. The van der Waals surface area contributed by atoms with Crippen molar-refractivity contribution in [2.24, 2.45) is 7.05 Å². The van der Waals surface area contributed by atoms with Crippen molar-refractivity contribution >= 4 is 28.3 Å². The highest BCUT2D eigenvalue weighted by Gasteiger charge is 2.16. The van der Waals surface area contributed by atoms with Gasteiger partial charge in [-0.2, -0.15) is 5.10 Å². The molecule has 0 amide bonds. The number of nitrogens with zero attached hydrogens (tertiary/aromatic N) is 5. The Morgan fingerprint density at radius 2 is 1.96 bits per heavy atom. The van der Waals surface area contributed by atoms with Crippen molar-refractivity contribution in [1.82, 2.24) is 24.7 Å². The van der Waals surface area contributed by atoms with Crippen LogP contribution in [-0.2, 0) is 7.05 Å². The Morgan fingerprint density at radius 1 is 1.12 bits per heavy atom. The highest BCUT2D eigenvalue weighted by Crippen LogP contribution is 2.34. The van der Waals surface area contributed by atoms with Crippen LogP contribution in [0.5, 0.6) is 0 Å². The molecular formula is C18H15ClN6. The van der Waals surface area contributed by atoms with Crippen molar-refractivity contribution in [2.45, 2.75) is 6.92 Å². The Bertz CT molecular complexity index is 1100. The normalized spacial score (nSPS) is 11.2. The molecule has 0 radical (unpaired) electrons. The summed E-state index contributed by atoms with van der Waals surface area (Å²) in [5.41, 5.74) is 10.6. The number of hydrogen-bond acceptors (Lipinski definition) is 5. The third-order valence-corrected chi connectivity index (χ3v) is 4.33. The number of aromatic nitrogens is 5. The van der Waals surface area contributed by atoms with E-state index in [2.05, 4.69) is 20.1 Å². The fraction of sp³-hybridized carbons (Fsp3) is 0.111. The van der Waals surface area contributed by atoms with Crippen molar-refractivity contribution in [3.63, 3.8) is 0 Å². The van der Waals surface area contributed by atoms with Gasteiger partial charge >= 0.3 is 0 Å². The maximum absolute atomic E-state index is 6.46. The van der Waals surface area contributed by atoms with Crippen LogP contribution in [0, 0.1) is 6.92 Å². The summed E-state index contributed by atoms with van der Waals surface area (Å²) in [5, 5.41) is 5.98. The molecule has 0 aliphatic heterocycles. The fourth-order valence-electron chi connectivity index (χ4n) is 2.81. The number of anilines is 1. The highest BCUT2D eigenvalue weighted by molar-refractivity contribution is 6.35. The van der Waals surface area contributed by atoms with E-state index in [-0.39, 0.29) is 0 Å². The SMILES string of the molecule is Cc1ccnc2c(Cl)cc(-c3ncc(N)nc3-c3ccn(C)n3)cc12. The number of hydrogen-bond donors (Lipinski definition) is 1. The first-order chi connectivity index (χ1) is 12.0. The van der Waals surface area contributed by atoms with Crippen molar-refractivity contribution < 1.29 is 0 Å². The van der Waals surface area contributed by atoms with E-state index in [1.165, 1.54) is 6.20 Å². The third kappa shape index (κ3) is 2.70. The minimum atomic E-state index is 0.342. The van der Waals surface area contributed by atoms with Gasteiger partial charge in [0.15, 0.2) is 0 Å². The van der Waals surface area contributed by atoms with Crippen LogP contribution in [0.2, 0.25) is 5.02 Å². The summed E-state index contributed by atoms with van der Waals surface area (Å²) in [5.74, 6) is 0.342. The quantitative estimate of drug-likeness (QED) is 0.596. The molecule has 0 bridgehead atoms. The van der Waals surface area contributed by atoms with Gasteiger partial charge in [-0.3, -0.25) is 14.6 Å². The first-order valence-corrected chi connectivity index (χ1v) is 8.08. The molecule has 124 valence electrons. The monoisotopic (exact) mass is 350 g/mol. The first kappa shape index (κ1) is 15.5. The average Bonchev–Trinajstić information content (AvgIpc) is 3.02. The van der Waals surface area contributed by atoms with Gasteiger partial charge in [0.2, 0.25) is 0 Å². The van der Waals surface area contributed by atoms with Gasteiger partial charge in [-0.05, 0) is 36.8 Å². The number of nitrogens with two attached hydrogens (primary N) is 1. The summed E-state index contributed by atoms with van der Waals surface area (Å²) < 4.78 is 1.71. The number of nitrogen functional groups attached to an aromatic ring is 1. The van der Waals surface area contributed by atoms with Crippen molar-refractivity contribution in [3.8, 4) is 22.6 Å². The predicted octanol–water partition coefficient (Wildman–Crippen LogP) is 3.64. The molecule has 0 fully saturated rings. The zero-order chi connectivity index (χ0) is 17.6. The van der Waals surface area contributed by atoms with Gasteiger partial charge in [-0.1, -0.05) is 11.6 Å². The van der Waals surface area contributed by atoms with Crippen LogP contribution < -0.4 is 5.73 Å². The predicted molar refractivity (Wildman–Crippen MR) is 99.1 cm³/mol. The van der Waals surface area contributed by atoms with E-state index < -0.39 is 0 Å². The zero-order valence-corrected chi connectivity index (χ0v) is 14.5. The summed E-state index contributed by atoms with van der Waals surface area (Å²) in [6.07, 6.45) is 5.15. The number of rotatable bonds is 2. The van der Waals surface area contributed by atoms with Crippen LogP contribution in [0.4, 0.5) is 5.82 Å². The molecule has 1 aromatic carbocycles. The van der Waals surface area contributed by atoms with E-state index in [1.807, 2.05) is 44.4 Å². The smallest absolute Gasteiger partial charge is 0.142 e. The van der Waals surface area contributed by atoms with Crippen molar-refractivity contribution in [3.05, 3.63) is 53.4 Å². The highest BCUT2D eigenvalue weighted by atomic mass is 35.5. The topological polar surface area (TPSA) is 82.5 Å². The minimum absolute atomic E-state index is 0.342. The van der Waals surface area contributed by atoms with Gasteiger partial charge in [0.1, 0.15) is 17.2 Å². The third-order valence-electron chi connectivity index (χ3n) is 4.04. The van der Waals surface area contributed by atoms with E-state index >= 15 is 0 Å². The molecule has 3 aromatic heterocycles. The molecule has 0 spiro atoms. The van der Waals surface area contributed by atoms with Gasteiger partial charge < -0.3 is 5.73 Å². The Balaban J connectivity index is 1.99. The van der Waals surface area contributed by atoms with E-state index in [0.717, 1.165) is 22.0 Å². The second-order valence-electron chi connectivity index (χ2n) is 5.85. The molecule has 0 saturated carbocycles. The molecular weight excluding hydrogens is 336 g/mol. The zero-order valence-electron chi connectivity index (χ0n) is 13.7. The maximum atomic E-state index is 6.46. The fourth-order valence-corrected chi connectivity index (χ4v) is 3.08. The second kappa shape index (κ2) is 5.82. The molecule has 0 aliphatic rings. The first-order valence-electron chi connectivity index (χ1n) is 7.70. The van der Waals surface area contributed by atoms with E-state index in [1.54, 1.807) is 10.9 Å². The molecule has 25 heavy (non-hydrogen) atoms.